The van der Waals surface area contributed by atoms with Crippen molar-refractivity contribution < 1.29 is 4.74 Å². The lowest BCUT2D eigenvalue weighted by Crippen LogP contribution is -2.25. The third-order valence-corrected chi connectivity index (χ3v) is 5.81. The zero-order valence-corrected chi connectivity index (χ0v) is 18.3. The fraction of sp³-hybridized carbons (Fsp3) is 0.280. The molecule has 1 saturated heterocycles. The van der Waals surface area contributed by atoms with Crippen LogP contribution in [0, 0.1) is 6.92 Å². The first-order valence-corrected chi connectivity index (χ1v) is 11.1. The summed E-state index contributed by atoms with van der Waals surface area (Å²) in [7, 11) is 0. The van der Waals surface area contributed by atoms with Gasteiger partial charge in [-0.3, -0.25) is 4.90 Å². The number of aromatic amines is 1. The lowest BCUT2D eigenvalue weighted by molar-refractivity contribution is 0.238. The van der Waals surface area contributed by atoms with Gasteiger partial charge in [-0.05, 0) is 75.3 Å². The van der Waals surface area contributed by atoms with Crippen LogP contribution in [0.2, 0.25) is 0 Å². The highest BCUT2D eigenvalue weighted by atomic mass is 16.5. The molecule has 1 fully saturated rings. The molecule has 1 aliphatic heterocycles. The smallest absolute Gasteiger partial charge is 0.229 e. The van der Waals surface area contributed by atoms with Gasteiger partial charge in [-0.2, -0.15) is 4.98 Å². The molecule has 32 heavy (non-hydrogen) atoms. The molecule has 0 amide bonds. The molecule has 0 bridgehead atoms. The van der Waals surface area contributed by atoms with Gasteiger partial charge in [0, 0.05) is 46.8 Å². The molecule has 3 N–H and O–H groups in total. The molecule has 2 aromatic heterocycles. The number of hydrogen-bond acceptors (Lipinski definition) is 6. The van der Waals surface area contributed by atoms with Crippen LogP contribution in [-0.2, 0) is 0 Å². The van der Waals surface area contributed by atoms with E-state index in [2.05, 4.69) is 42.6 Å². The van der Waals surface area contributed by atoms with Gasteiger partial charge in [0.25, 0.3) is 0 Å². The summed E-state index contributed by atoms with van der Waals surface area (Å²) in [5.41, 5.74) is 3.99. The van der Waals surface area contributed by atoms with Crippen molar-refractivity contribution in [3.8, 4) is 5.75 Å². The SMILES string of the molecule is Cc1cnc(Nc2ccc(OCCN3CCCC3)cc2)nc1Nc1cccc2[nH]ccc12. The van der Waals surface area contributed by atoms with Crippen molar-refractivity contribution in [2.24, 2.45) is 0 Å². The fourth-order valence-corrected chi connectivity index (χ4v) is 4.01. The molecular weight excluding hydrogens is 400 g/mol. The molecule has 2 aromatic carbocycles. The van der Waals surface area contributed by atoms with E-state index in [1.54, 1.807) is 0 Å². The van der Waals surface area contributed by atoms with Crippen LogP contribution in [0.5, 0.6) is 5.75 Å². The largest absolute Gasteiger partial charge is 0.492 e. The van der Waals surface area contributed by atoms with Gasteiger partial charge < -0.3 is 20.4 Å². The summed E-state index contributed by atoms with van der Waals surface area (Å²) >= 11 is 0. The molecule has 7 nitrogen and oxygen atoms in total. The highest BCUT2D eigenvalue weighted by Gasteiger charge is 2.11. The number of nitrogens with one attached hydrogen (secondary N) is 3. The first-order valence-electron chi connectivity index (χ1n) is 11.1. The Balaban J connectivity index is 1.23. The number of rotatable bonds is 8. The Kier molecular flexibility index (Phi) is 5.89. The summed E-state index contributed by atoms with van der Waals surface area (Å²) in [6, 6.07) is 16.1. The van der Waals surface area contributed by atoms with Gasteiger partial charge in [-0.1, -0.05) is 6.07 Å². The Morgan fingerprint density at radius 1 is 1.03 bits per heavy atom. The van der Waals surface area contributed by atoms with E-state index in [-0.39, 0.29) is 0 Å². The van der Waals surface area contributed by atoms with Crippen LogP contribution in [-0.4, -0.2) is 46.1 Å². The van der Waals surface area contributed by atoms with Gasteiger partial charge in [0.05, 0.1) is 0 Å². The van der Waals surface area contributed by atoms with Crippen molar-refractivity contribution in [3.05, 3.63) is 66.5 Å². The Morgan fingerprint density at radius 3 is 2.72 bits per heavy atom. The van der Waals surface area contributed by atoms with Crippen molar-refractivity contribution in [3.63, 3.8) is 0 Å². The van der Waals surface area contributed by atoms with Crippen LogP contribution in [0.15, 0.2) is 60.9 Å². The average molecular weight is 429 g/mol. The quantitative estimate of drug-likeness (QED) is 0.357. The van der Waals surface area contributed by atoms with E-state index in [1.807, 2.05) is 55.7 Å². The van der Waals surface area contributed by atoms with Gasteiger partial charge in [0.1, 0.15) is 18.2 Å². The number of aryl methyl sites for hydroxylation is 1. The minimum atomic E-state index is 0.544. The highest BCUT2D eigenvalue weighted by molar-refractivity contribution is 5.93. The van der Waals surface area contributed by atoms with Crippen LogP contribution >= 0.6 is 0 Å². The summed E-state index contributed by atoms with van der Waals surface area (Å²) in [4.78, 5) is 14.8. The first-order chi connectivity index (χ1) is 15.7. The topological polar surface area (TPSA) is 78.1 Å². The van der Waals surface area contributed by atoms with Crippen LogP contribution in [0.4, 0.5) is 23.1 Å². The van der Waals surface area contributed by atoms with E-state index in [4.69, 9.17) is 4.74 Å². The maximum atomic E-state index is 5.89. The summed E-state index contributed by atoms with van der Waals surface area (Å²) in [6.45, 7) is 6.10. The molecule has 4 aromatic rings. The molecule has 0 unspecified atom stereocenters. The second-order valence-electron chi connectivity index (χ2n) is 8.14. The predicted octanol–water partition coefficient (Wildman–Crippen LogP) is 5.23. The van der Waals surface area contributed by atoms with Crippen molar-refractivity contribution in [1.29, 1.82) is 0 Å². The predicted molar refractivity (Wildman–Crippen MR) is 129 cm³/mol. The van der Waals surface area contributed by atoms with Crippen LogP contribution in [0.1, 0.15) is 18.4 Å². The molecule has 164 valence electrons. The monoisotopic (exact) mass is 428 g/mol. The number of likely N-dealkylation sites (tertiary alicyclic amines) is 1. The third-order valence-electron chi connectivity index (χ3n) is 5.81. The van der Waals surface area contributed by atoms with Crippen molar-refractivity contribution >= 4 is 34.0 Å². The molecule has 0 aliphatic carbocycles. The van der Waals surface area contributed by atoms with Crippen LogP contribution in [0.3, 0.4) is 0 Å². The Bertz CT molecular complexity index is 1180. The summed E-state index contributed by atoms with van der Waals surface area (Å²) in [6.07, 6.45) is 6.38. The minimum absolute atomic E-state index is 0.544. The second kappa shape index (κ2) is 9.28. The lowest BCUT2D eigenvalue weighted by Gasteiger charge is -2.15. The molecule has 0 spiro atoms. The van der Waals surface area contributed by atoms with Gasteiger partial charge >= 0.3 is 0 Å². The lowest BCUT2D eigenvalue weighted by atomic mass is 10.2. The van der Waals surface area contributed by atoms with E-state index in [1.165, 1.54) is 25.9 Å². The summed E-state index contributed by atoms with van der Waals surface area (Å²) in [5, 5.41) is 7.86. The first kappa shape index (κ1) is 20.3. The van der Waals surface area contributed by atoms with E-state index >= 15 is 0 Å². The van der Waals surface area contributed by atoms with Gasteiger partial charge in [0.15, 0.2) is 0 Å². The van der Waals surface area contributed by atoms with Crippen molar-refractivity contribution in [2.75, 3.05) is 36.9 Å². The number of ether oxygens (including phenoxy) is 1. The molecule has 3 heterocycles. The zero-order chi connectivity index (χ0) is 21.8. The van der Waals surface area contributed by atoms with E-state index in [0.29, 0.717) is 5.95 Å². The number of hydrogen-bond donors (Lipinski definition) is 3. The van der Waals surface area contributed by atoms with Crippen LogP contribution < -0.4 is 15.4 Å². The summed E-state index contributed by atoms with van der Waals surface area (Å²) in [5.74, 6) is 2.20. The number of nitrogens with zero attached hydrogens (tertiary/aromatic N) is 3. The maximum Gasteiger partial charge on any atom is 0.229 e. The highest BCUT2D eigenvalue weighted by Crippen LogP contribution is 2.27. The molecule has 1 aliphatic rings. The second-order valence-corrected chi connectivity index (χ2v) is 8.14. The van der Waals surface area contributed by atoms with Crippen molar-refractivity contribution in [2.45, 2.75) is 19.8 Å². The molecule has 0 saturated carbocycles. The number of aromatic nitrogens is 3. The molecule has 0 atom stereocenters. The molecule has 7 heteroatoms. The summed E-state index contributed by atoms with van der Waals surface area (Å²) < 4.78 is 5.89. The molecule has 0 radical (unpaired) electrons. The number of H-pyrrole nitrogens is 1. The number of anilines is 4. The van der Waals surface area contributed by atoms with Gasteiger partial charge in [-0.25, -0.2) is 4.98 Å². The van der Waals surface area contributed by atoms with E-state index in [9.17, 15) is 0 Å². The zero-order valence-electron chi connectivity index (χ0n) is 18.3. The minimum Gasteiger partial charge on any atom is -0.492 e. The third kappa shape index (κ3) is 4.68. The van der Waals surface area contributed by atoms with Gasteiger partial charge in [-0.15, -0.1) is 0 Å². The van der Waals surface area contributed by atoms with Crippen molar-refractivity contribution in [1.82, 2.24) is 19.9 Å². The number of fused-ring (bicyclic) bond motifs is 1. The average Bonchev–Trinajstić information content (AvgIpc) is 3.50. The Labute approximate surface area is 187 Å². The van der Waals surface area contributed by atoms with Gasteiger partial charge in [0.2, 0.25) is 5.95 Å². The standard InChI is InChI=1S/C25H28N6O/c1-18-17-27-25(30-24(18)29-23-6-4-5-22-21(23)11-12-26-22)28-19-7-9-20(10-8-19)32-16-15-31-13-2-3-14-31/h4-12,17,26H,2-3,13-16H2,1H3,(H2,27,28,29,30). The normalized spacial score (nSPS) is 14.0. The Hall–Kier alpha value is -3.58. The molecule has 5 rings (SSSR count). The fourth-order valence-electron chi connectivity index (χ4n) is 4.01. The molecular formula is C25H28N6O. The number of benzene rings is 2. The maximum absolute atomic E-state index is 5.89. The van der Waals surface area contributed by atoms with E-state index < -0.39 is 0 Å². The van der Waals surface area contributed by atoms with Crippen LogP contribution in [0.25, 0.3) is 10.9 Å². The Morgan fingerprint density at radius 2 is 1.88 bits per heavy atom. The van der Waals surface area contributed by atoms with E-state index in [0.717, 1.165) is 52.6 Å².